The molecule has 1 spiro atoms. The zero-order chi connectivity index (χ0) is 16.6. The van der Waals surface area contributed by atoms with Gasteiger partial charge in [0, 0.05) is 32.3 Å². The number of amides is 1. The molecule has 2 aromatic rings. The van der Waals surface area contributed by atoms with Crippen molar-refractivity contribution in [2.75, 3.05) is 24.5 Å². The second-order valence-corrected chi connectivity index (χ2v) is 6.70. The molecule has 3 heterocycles. The molecule has 2 aliphatic heterocycles. The lowest BCUT2D eigenvalue weighted by Crippen LogP contribution is -2.67. The first kappa shape index (κ1) is 15.1. The van der Waals surface area contributed by atoms with Crippen LogP contribution in [-0.2, 0) is 11.2 Å². The molecule has 2 saturated heterocycles. The highest BCUT2D eigenvalue weighted by Gasteiger charge is 2.52. The minimum Gasteiger partial charge on any atom is -0.391 e. The Morgan fingerprint density at radius 1 is 1.25 bits per heavy atom. The molecule has 124 valence electrons. The van der Waals surface area contributed by atoms with E-state index in [1.165, 1.54) is 5.56 Å². The van der Waals surface area contributed by atoms with Crippen LogP contribution in [0.5, 0.6) is 0 Å². The van der Waals surface area contributed by atoms with Crippen LogP contribution in [0.2, 0.25) is 0 Å². The van der Waals surface area contributed by atoms with E-state index in [-0.39, 0.29) is 5.91 Å². The van der Waals surface area contributed by atoms with Crippen molar-refractivity contribution in [2.45, 2.75) is 18.9 Å². The van der Waals surface area contributed by atoms with Gasteiger partial charge in [-0.25, -0.2) is 9.97 Å². The lowest BCUT2D eigenvalue weighted by atomic mass is 9.72. The van der Waals surface area contributed by atoms with Crippen LogP contribution in [0.25, 0.3) is 0 Å². The molecular formula is C18H20N4O2. The van der Waals surface area contributed by atoms with Crippen molar-refractivity contribution < 1.29 is 9.90 Å². The lowest BCUT2D eigenvalue weighted by Gasteiger charge is -2.52. The Hall–Kier alpha value is -2.47. The van der Waals surface area contributed by atoms with Gasteiger partial charge in [0.1, 0.15) is 11.6 Å². The van der Waals surface area contributed by atoms with Crippen molar-refractivity contribution in [3.63, 3.8) is 0 Å². The van der Waals surface area contributed by atoms with Crippen molar-refractivity contribution in [1.29, 1.82) is 0 Å². The third-order valence-corrected chi connectivity index (χ3v) is 4.81. The fourth-order valence-electron chi connectivity index (χ4n) is 3.56. The monoisotopic (exact) mass is 324 g/mol. The maximum absolute atomic E-state index is 12.1. The van der Waals surface area contributed by atoms with Crippen molar-refractivity contribution in [3.05, 3.63) is 54.0 Å². The second-order valence-electron chi connectivity index (χ2n) is 6.70. The van der Waals surface area contributed by atoms with E-state index in [4.69, 9.17) is 0 Å². The van der Waals surface area contributed by atoms with E-state index in [0.29, 0.717) is 32.5 Å². The number of nitrogens with one attached hydrogen (secondary N) is 1. The molecule has 1 unspecified atom stereocenters. The Kier molecular flexibility index (Phi) is 3.69. The summed E-state index contributed by atoms with van der Waals surface area (Å²) in [6.45, 7) is 1.55. The van der Waals surface area contributed by atoms with Crippen molar-refractivity contribution in [1.82, 2.24) is 15.3 Å². The number of hydrogen-bond donors (Lipinski definition) is 2. The lowest BCUT2D eigenvalue weighted by molar-refractivity contribution is -0.139. The number of hydrogen-bond acceptors (Lipinski definition) is 5. The fourth-order valence-corrected chi connectivity index (χ4v) is 3.56. The molecule has 0 saturated carbocycles. The minimum atomic E-state index is -0.470. The summed E-state index contributed by atoms with van der Waals surface area (Å²) in [7, 11) is 0. The Labute approximate surface area is 140 Å². The van der Waals surface area contributed by atoms with Gasteiger partial charge in [0.15, 0.2) is 0 Å². The largest absolute Gasteiger partial charge is 0.391 e. The van der Waals surface area contributed by atoms with Gasteiger partial charge in [-0.3, -0.25) is 4.79 Å². The van der Waals surface area contributed by atoms with Crippen LogP contribution in [-0.4, -0.2) is 46.7 Å². The smallest absolute Gasteiger partial charge is 0.230 e. The molecule has 2 fully saturated rings. The van der Waals surface area contributed by atoms with Gasteiger partial charge in [-0.05, 0) is 18.1 Å². The molecule has 1 atom stereocenters. The first-order valence-electron chi connectivity index (χ1n) is 8.22. The van der Waals surface area contributed by atoms with Gasteiger partial charge >= 0.3 is 0 Å². The number of rotatable bonds is 3. The molecule has 0 aliphatic carbocycles. The number of carbonyl (C=O) groups is 1. The maximum atomic E-state index is 12.1. The summed E-state index contributed by atoms with van der Waals surface area (Å²) in [6.07, 6.45) is 2.52. The van der Waals surface area contributed by atoms with E-state index in [2.05, 4.69) is 32.3 Å². The number of aromatic nitrogens is 2. The summed E-state index contributed by atoms with van der Waals surface area (Å²) >= 11 is 0. The molecular weight excluding hydrogens is 304 g/mol. The Balaban J connectivity index is 1.46. The van der Waals surface area contributed by atoms with E-state index in [1.807, 2.05) is 24.3 Å². The Bertz CT molecular complexity index is 744. The summed E-state index contributed by atoms with van der Waals surface area (Å²) < 4.78 is 0. The molecule has 4 rings (SSSR count). The van der Waals surface area contributed by atoms with E-state index in [1.54, 1.807) is 6.20 Å². The van der Waals surface area contributed by atoms with E-state index < -0.39 is 11.5 Å². The highest BCUT2D eigenvalue weighted by molar-refractivity contribution is 5.87. The molecule has 1 aromatic carbocycles. The van der Waals surface area contributed by atoms with Gasteiger partial charge in [0.2, 0.25) is 5.91 Å². The molecule has 0 bridgehead atoms. The number of β-amino-alcohol motifs (C(OH)–C–C–N with tert-alkyl or cyclic N) is 1. The first-order valence-corrected chi connectivity index (χ1v) is 8.22. The summed E-state index contributed by atoms with van der Waals surface area (Å²) in [6, 6.07) is 12.0. The quantitative estimate of drug-likeness (QED) is 0.871. The number of nitrogens with zero attached hydrogens (tertiary/aromatic N) is 3. The number of benzene rings is 1. The minimum absolute atomic E-state index is 0.0441. The van der Waals surface area contributed by atoms with Gasteiger partial charge in [0.05, 0.1) is 11.5 Å². The summed E-state index contributed by atoms with van der Waals surface area (Å²) in [4.78, 5) is 23.2. The molecule has 0 radical (unpaired) electrons. The normalized spacial score (nSPS) is 22.1. The topological polar surface area (TPSA) is 78.4 Å². The summed E-state index contributed by atoms with van der Waals surface area (Å²) in [5.74, 6) is 1.66. The molecule has 6 heteroatoms. The van der Waals surface area contributed by atoms with Gasteiger partial charge in [-0.2, -0.15) is 0 Å². The third-order valence-electron chi connectivity index (χ3n) is 4.81. The molecule has 24 heavy (non-hydrogen) atoms. The highest BCUT2D eigenvalue weighted by Crippen LogP contribution is 2.39. The van der Waals surface area contributed by atoms with Crippen molar-refractivity contribution in [2.24, 2.45) is 5.41 Å². The van der Waals surface area contributed by atoms with Crippen LogP contribution in [0.3, 0.4) is 0 Å². The average Bonchev–Trinajstić information content (AvgIpc) is 2.56. The second kappa shape index (κ2) is 5.87. The van der Waals surface area contributed by atoms with Crippen LogP contribution in [0.4, 0.5) is 5.82 Å². The van der Waals surface area contributed by atoms with Crippen LogP contribution in [0.15, 0.2) is 42.6 Å². The molecule has 6 nitrogen and oxygen atoms in total. The number of anilines is 1. The van der Waals surface area contributed by atoms with Crippen LogP contribution in [0.1, 0.15) is 17.8 Å². The van der Waals surface area contributed by atoms with E-state index >= 15 is 0 Å². The molecule has 1 aromatic heterocycles. The van der Waals surface area contributed by atoms with Gasteiger partial charge in [-0.15, -0.1) is 0 Å². The standard InChI is InChI=1S/C18H20N4O2/c23-14-9-18(17(24)20-10-14)11-22(12-18)16-6-7-19-15(21-16)8-13-4-2-1-3-5-13/h1-7,14,23H,8-12H2,(H,20,24). The summed E-state index contributed by atoms with van der Waals surface area (Å²) in [5, 5.41) is 12.6. The highest BCUT2D eigenvalue weighted by atomic mass is 16.3. The number of aliphatic hydroxyl groups excluding tert-OH is 1. The van der Waals surface area contributed by atoms with Crippen LogP contribution in [0, 0.1) is 5.41 Å². The van der Waals surface area contributed by atoms with Crippen molar-refractivity contribution in [3.8, 4) is 0 Å². The maximum Gasteiger partial charge on any atom is 0.230 e. The number of piperidine rings is 1. The molecule has 2 N–H and O–H groups in total. The van der Waals surface area contributed by atoms with Crippen LogP contribution < -0.4 is 10.2 Å². The third kappa shape index (κ3) is 2.73. The average molecular weight is 324 g/mol. The van der Waals surface area contributed by atoms with Gasteiger partial charge in [0.25, 0.3) is 0 Å². The Morgan fingerprint density at radius 2 is 2.04 bits per heavy atom. The van der Waals surface area contributed by atoms with Gasteiger partial charge in [-0.1, -0.05) is 30.3 Å². The molecule has 2 aliphatic rings. The Morgan fingerprint density at radius 3 is 2.83 bits per heavy atom. The predicted molar refractivity (Wildman–Crippen MR) is 89.6 cm³/mol. The number of aliphatic hydroxyl groups is 1. The number of carbonyl (C=O) groups excluding carboxylic acids is 1. The van der Waals surface area contributed by atoms with E-state index in [0.717, 1.165) is 11.6 Å². The SMILES string of the molecule is O=C1NCC(O)CC12CN(c1ccnc(Cc3ccccc3)n1)C2. The van der Waals surface area contributed by atoms with Gasteiger partial charge < -0.3 is 15.3 Å². The van der Waals surface area contributed by atoms with Crippen LogP contribution >= 0.6 is 0 Å². The first-order chi connectivity index (χ1) is 11.6. The fraction of sp³-hybridized carbons (Fsp3) is 0.389. The summed E-state index contributed by atoms with van der Waals surface area (Å²) in [5.41, 5.74) is 0.701. The zero-order valence-electron chi connectivity index (χ0n) is 13.4. The van der Waals surface area contributed by atoms with E-state index in [9.17, 15) is 9.90 Å². The zero-order valence-corrected chi connectivity index (χ0v) is 13.4. The molecule has 1 amide bonds. The van der Waals surface area contributed by atoms with Crippen molar-refractivity contribution >= 4 is 11.7 Å². The predicted octanol–water partition coefficient (Wildman–Crippen LogP) is 0.755.